The first-order chi connectivity index (χ1) is 21.6. The lowest BCUT2D eigenvalue weighted by atomic mass is 9.95. The number of amides is 2. The molecule has 3 aromatic carbocycles. The maximum atomic E-state index is 14.2. The highest BCUT2D eigenvalue weighted by atomic mass is 32.2. The molecule has 0 heterocycles. The summed E-state index contributed by atoms with van der Waals surface area (Å²) in [6, 6.07) is 15.1. The van der Waals surface area contributed by atoms with Crippen LogP contribution in [0.2, 0.25) is 0 Å². The highest BCUT2D eigenvalue weighted by Crippen LogP contribution is 2.32. The third-order valence-corrected chi connectivity index (χ3v) is 9.74. The average Bonchev–Trinajstić information content (AvgIpc) is 3.06. The van der Waals surface area contributed by atoms with Gasteiger partial charge in [0.25, 0.3) is 10.0 Å². The minimum absolute atomic E-state index is 0.0211. The Kier molecular flexibility index (Phi) is 11.3. The number of nitrogens with zero attached hydrogens (tertiary/aromatic N) is 2. The van der Waals surface area contributed by atoms with Crippen LogP contribution in [0, 0.1) is 5.82 Å². The Morgan fingerprint density at radius 2 is 1.53 bits per heavy atom. The van der Waals surface area contributed by atoms with E-state index in [1.165, 1.54) is 49.5 Å². The number of halogens is 1. The van der Waals surface area contributed by atoms with Gasteiger partial charge in [0.15, 0.2) is 11.5 Å². The summed E-state index contributed by atoms with van der Waals surface area (Å²) in [5.74, 6) is -0.376. The molecule has 4 rings (SSSR count). The molecule has 0 spiro atoms. The van der Waals surface area contributed by atoms with Crippen LogP contribution in [-0.4, -0.2) is 65.1 Å². The molecule has 2 amide bonds. The zero-order valence-corrected chi connectivity index (χ0v) is 26.8. The lowest BCUT2D eigenvalue weighted by Crippen LogP contribution is -2.53. The molecule has 1 aliphatic rings. The van der Waals surface area contributed by atoms with Crippen molar-refractivity contribution in [1.29, 1.82) is 0 Å². The molecule has 1 N–H and O–H groups in total. The summed E-state index contributed by atoms with van der Waals surface area (Å²) < 4.78 is 58.8. The normalized spacial score (nSPS) is 14.2. The maximum Gasteiger partial charge on any atom is 0.264 e. The average molecular weight is 642 g/mol. The number of carbonyl (C=O) groups excluding carboxylic acids is 2. The van der Waals surface area contributed by atoms with E-state index in [0.29, 0.717) is 11.5 Å². The van der Waals surface area contributed by atoms with E-state index in [1.54, 1.807) is 38.3 Å². The molecule has 242 valence electrons. The monoisotopic (exact) mass is 641 g/mol. The number of carbonyl (C=O) groups is 2. The van der Waals surface area contributed by atoms with Crippen LogP contribution in [0.3, 0.4) is 0 Å². The van der Waals surface area contributed by atoms with E-state index in [2.05, 4.69) is 5.32 Å². The second-order valence-corrected chi connectivity index (χ2v) is 12.8. The van der Waals surface area contributed by atoms with Gasteiger partial charge in [0, 0.05) is 18.7 Å². The molecule has 45 heavy (non-hydrogen) atoms. The van der Waals surface area contributed by atoms with Crippen molar-refractivity contribution in [3.63, 3.8) is 0 Å². The topological polar surface area (TPSA) is 114 Å². The minimum atomic E-state index is -4.39. The first-order valence-electron chi connectivity index (χ1n) is 14.8. The molecule has 1 aliphatic carbocycles. The van der Waals surface area contributed by atoms with Crippen LogP contribution in [0.5, 0.6) is 17.2 Å². The van der Waals surface area contributed by atoms with Crippen molar-refractivity contribution in [2.75, 3.05) is 32.2 Å². The molecule has 0 aliphatic heterocycles. The first-order valence-corrected chi connectivity index (χ1v) is 16.2. The van der Waals surface area contributed by atoms with Gasteiger partial charge in [-0.05, 0) is 73.9 Å². The summed E-state index contributed by atoms with van der Waals surface area (Å²) >= 11 is 0. The highest BCUT2D eigenvalue weighted by molar-refractivity contribution is 7.92. The Hall–Kier alpha value is -4.32. The molecular weight excluding hydrogens is 601 g/mol. The van der Waals surface area contributed by atoms with Crippen molar-refractivity contribution in [3.05, 3.63) is 78.1 Å². The number of nitrogens with one attached hydrogen (secondary N) is 1. The molecule has 1 saturated carbocycles. The SMILES string of the molecule is COc1ccc(CN(C(=O)CN(c2ccc(F)cc2)S(=O)(=O)c2ccc(OC)c(OC)c2)C(C)C(=O)NC2CCCCC2)cc1. The first kappa shape index (κ1) is 33.6. The van der Waals surface area contributed by atoms with Crippen LogP contribution in [0.1, 0.15) is 44.6 Å². The van der Waals surface area contributed by atoms with Gasteiger partial charge in [-0.3, -0.25) is 13.9 Å². The number of sulfonamides is 1. The predicted molar refractivity (Wildman–Crippen MR) is 168 cm³/mol. The summed E-state index contributed by atoms with van der Waals surface area (Å²) in [6.07, 6.45) is 4.90. The van der Waals surface area contributed by atoms with Gasteiger partial charge < -0.3 is 24.4 Å². The van der Waals surface area contributed by atoms with E-state index in [-0.39, 0.29) is 34.8 Å². The summed E-state index contributed by atoms with van der Waals surface area (Å²) in [6.45, 7) is 1.01. The Labute approximate surface area is 264 Å². The molecular formula is C33H40FN3O7S. The van der Waals surface area contributed by atoms with Gasteiger partial charge in [0.2, 0.25) is 11.8 Å². The molecule has 0 saturated heterocycles. The lowest BCUT2D eigenvalue weighted by molar-refractivity contribution is -0.139. The Morgan fingerprint density at radius 1 is 0.889 bits per heavy atom. The van der Waals surface area contributed by atoms with Crippen molar-refractivity contribution < 1.29 is 36.6 Å². The van der Waals surface area contributed by atoms with Crippen LogP contribution in [0.15, 0.2) is 71.6 Å². The minimum Gasteiger partial charge on any atom is -0.497 e. The van der Waals surface area contributed by atoms with Crippen molar-refractivity contribution in [3.8, 4) is 17.2 Å². The molecule has 1 fully saturated rings. The van der Waals surface area contributed by atoms with E-state index in [4.69, 9.17) is 14.2 Å². The van der Waals surface area contributed by atoms with E-state index >= 15 is 0 Å². The molecule has 10 nitrogen and oxygen atoms in total. The number of benzene rings is 3. The quantitative estimate of drug-likeness (QED) is 0.282. The van der Waals surface area contributed by atoms with Crippen molar-refractivity contribution >= 4 is 27.5 Å². The van der Waals surface area contributed by atoms with Crippen molar-refractivity contribution in [1.82, 2.24) is 10.2 Å². The smallest absolute Gasteiger partial charge is 0.264 e. The summed E-state index contributed by atoms with van der Waals surface area (Å²) in [7, 11) is -0.0355. The summed E-state index contributed by atoms with van der Waals surface area (Å²) in [5, 5.41) is 3.08. The number of anilines is 1. The third kappa shape index (κ3) is 8.24. The van der Waals surface area contributed by atoms with Crippen LogP contribution in [0.4, 0.5) is 10.1 Å². The van der Waals surface area contributed by atoms with E-state index in [0.717, 1.165) is 54.1 Å². The molecule has 0 bridgehead atoms. The second-order valence-electron chi connectivity index (χ2n) is 10.9. The van der Waals surface area contributed by atoms with Gasteiger partial charge in [-0.2, -0.15) is 0 Å². The predicted octanol–water partition coefficient (Wildman–Crippen LogP) is 4.91. The van der Waals surface area contributed by atoms with Crippen LogP contribution in [0.25, 0.3) is 0 Å². The number of methoxy groups -OCH3 is 3. The molecule has 3 aromatic rings. The van der Waals surface area contributed by atoms with Gasteiger partial charge in [0.1, 0.15) is 24.2 Å². The highest BCUT2D eigenvalue weighted by Gasteiger charge is 2.33. The second kappa shape index (κ2) is 15.1. The van der Waals surface area contributed by atoms with E-state index < -0.39 is 34.3 Å². The Morgan fingerprint density at radius 3 is 2.13 bits per heavy atom. The molecule has 12 heteroatoms. The number of ether oxygens (including phenoxy) is 3. The third-order valence-electron chi connectivity index (χ3n) is 7.97. The standard InChI is InChI=1S/C33H40FN3O7S/c1-23(33(39)35-26-8-6-5-7-9-26)36(21-24-10-16-28(42-2)17-11-24)32(38)22-37(27-14-12-25(34)13-15-27)45(40,41)29-18-19-30(43-3)31(20-29)44-4/h10-20,23,26H,5-9,21-22H2,1-4H3,(H,35,39). The van der Waals surface area contributed by atoms with Crippen LogP contribution in [-0.2, 0) is 26.2 Å². The molecule has 0 radical (unpaired) electrons. The number of hydrogen-bond acceptors (Lipinski definition) is 7. The zero-order chi connectivity index (χ0) is 32.6. The largest absolute Gasteiger partial charge is 0.497 e. The Bertz CT molecular complexity index is 1560. The molecule has 1 atom stereocenters. The fraction of sp³-hybridized carbons (Fsp3) is 0.394. The van der Waals surface area contributed by atoms with Gasteiger partial charge in [0.05, 0.1) is 31.9 Å². The summed E-state index contributed by atoms with van der Waals surface area (Å²) in [5.41, 5.74) is 0.792. The van der Waals surface area contributed by atoms with Crippen LogP contribution >= 0.6 is 0 Å². The molecule has 1 unspecified atom stereocenters. The van der Waals surface area contributed by atoms with Crippen molar-refractivity contribution in [2.24, 2.45) is 0 Å². The van der Waals surface area contributed by atoms with Gasteiger partial charge >= 0.3 is 0 Å². The zero-order valence-electron chi connectivity index (χ0n) is 26.0. The van der Waals surface area contributed by atoms with Gasteiger partial charge in [-0.1, -0.05) is 31.4 Å². The van der Waals surface area contributed by atoms with Crippen molar-refractivity contribution in [2.45, 2.75) is 62.6 Å². The maximum absolute atomic E-state index is 14.2. The number of hydrogen-bond donors (Lipinski definition) is 1. The van der Waals surface area contributed by atoms with Gasteiger partial charge in [-0.25, -0.2) is 12.8 Å². The fourth-order valence-corrected chi connectivity index (χ4v) is 6.75. The lowest BCUT2D eigenvalue weighted by Gasteiger charge is -2.33. The van der Waals surface area contributed by atoms with E-state index in [9.17, 15) is 22.4 Å². The number of rotatable bonds is 13. The fourth-order valence-electron chi connectivity index (χ4n) is 5.32. The Balaban J connectivity index is 1.70. The van der Waals surface area contributed by atoms with Gasteiger partial charge in [-0.15, -0.1) is 0 Å². The molecule has 0 aromatic heterocycles. The van der Waals surface area contributed by atoms with E-state index in [1.807, 2.05) is 0 Å². The summed E-state index contributed by atoms with van der Waals surface area (Å²) in [4.78, 5) is 28.8. The van der Waals surface area contributed by atoms with Crippen LogP contribution < -0.4 is 23.8 Å².